The average molecular weight is 397 g/mol. The van der Waals surface area contributed by atoms with Crippen LogP contribution in [0, 0.1) is 0 Å². The fraction of sp³-hybridized carbons (Fsp3) is 0.476. The summed E-state index contributed by atoms with van der Waals surface area (Å²) < 4.78 is 11.4. The predicted octanol–water partition coefficient (Wildman–Crippen LogP) is 3.07. The molecule has 1 aliphatic heterocycles. The van der Waals surface area contributed by atoms with E-state index < -0.39 is 0 Å². The molecule has 1 atom stereocenters. The van der Waals surface area contributed by atoms with E-state index in [0.29, 0.717) is 37.3 Å². The van der Waals surface area contributed by atoms with Crippen molar-refractivity contribution in [2.45, 2.75) is 31.3 Å². The van der Waals surface area contributed by atoms with E-state index in [0.717, 1.165) is 23.5 Å². The SMILES string of the molecule is CNc1nc(Nc2ccc(C3CN(C=O)CCO3)cc2OC)ncc1C1CCC1. The Labute approximate surface area is 170 Å². The number of methoxy groups -OCH3 is 1. The summed E-state index contributed by atoms with van der Waals surface area (Å²) >= 11 is 0. The molecule has 0 spiro atoms. The highest BCUT2D eigenvalue weighted by Crippen LogP contribution is 2.39. The van der Waals surface area contributed by atoms with Gasteiger partial charge in [-0.25, -0.2) is 4.98 Å². The molecular weight excluding hydrogens is 370 g/mol. The maximum Gasteiger partial charge on any atom is 0.229 e. The molecule has 1 saturated carbocycles. The highest BCUT2D eigenvalue weighted by molar-refractivity contribution is 5.65. The third kappa shape index (κ3) is 4.12. The minimum atomic E-state index is -0.161. The summed E-state index contributed by atoms with van der Waals surface area (Å²) in [5, 5.41) is 6.45. The molecule has 1 aliphatic carbocycles. The van der Waals surface area contributed by atoms with Gasteiger partial charge in [0.2, 0.25) is 12.4 Å². The maximum absolute atomic E-state index is 11.1. The number of carbonyl (C=O) groups excluding carboxylic acids is 1. The van der Waals surface area contributed by atoms with Gasteiger partial charge in [0, 0.05) is 25.4 Å². The molecule has 29 heavy (non-hydrogen) atoms. The van der Waals surface area contributed by atoms with E-state index in [-0.39, 0.29) is 6.10 Å². The molecule has 2 N–H and O–H groups in total. The molecule has 4 rings (SSSR count). The number of aromatic nitrogens is 2. The van der Waals surface area contributed by atoms with Gasteiger partial charge >= 0.3 is 0 Å². The molecule has 2 heterocycles. The maximum atomic E-state index is 11.1. The Morgan fingerprint density at radius 2 is 2.21 bits per heavy atom. The van der Waals surface area contributed by atoms with Gasteiger partial charge in [-0.15, -0.1) is 0 Å². The van der Waals surface area contributed by atoms with Crippen LogP contribution in [0.5, 0.6) is 5.75 Å². The second kappa shape index (κ2) is 8.65. The number of nitrogens with zero attached hydrogens (tertiary/aromatic N) is 3. The summed E-state index contributed by atoms with van der Waals surface area (Å²) in [6, 6.07) is 5.84. The summed E-state index contributed by atoms with van der Waals surface area (Å²) in [6.45, 7) is 1.69. The van der Waals surface area contributed by atoms with Gasteiger partial charge in [-0.2, -0.15) is 4.98 Å². The first-order valence-electron chi connectivity index (χ1n) is 10.0. The quantitative estimate of drug-likeness (QED) is 0.694. The second-order valence-corrected chi connectivity index (χ2v) is 7.42. The minimum Gasteiger partial charge on any atom is -0.495 e. The molecule has 1 aromatic carbocycles. The lowest BCUT2D eigenvalue weighted by atomic mass is 9.81. The topological polar surface area (TPSA) is 88.6 Å². The summed E-state index contributed by atoms with van der Waals surface area (Å²) in [5.74, 6) is 2.62. The number of anilines is 3. The van der Waals surface area contributed by atoms with Gasteiger partial charge in [-0.05, 0) is 36.5 Å². The summed E-state index contributed by atoms with van der Waals surface area (Å²) in [7, 11) is 3.51. The molecule has 8 heteroatoms. The van der Waals surface area contributed by atoms with Crippen molar-refractivity contribution in [3.63, 3.8) is 0 Å². The zero-order chi connectivity index (χ0) is 20.2. The van der Waals surface area contributed by atoms with E-state index >= 15 is 0 Å². The molecule has 1 aromatic heterocycles. The van der Waals surface area contributed by atoms with E-state index in [1.54, 1.807) is 12.0 Å². The summed E-state index contributed by atoms with van der Waals surface area (Å²) in [5.41, 5.74) is 2.93. The Balaban J connectivity index is 1.53. The molecule has 2 aliphatic rings. The monoisotopic (exact) mass is 397 g/mol. The number of nitrogens with one attached hydrogen (secondary N) is 2. The lowest BCUT2D eigenvalue weighted by Crippen LogP contribution is -2.37. The Bertz CT molecular complexity index is 871. The van der Waals surface area contributed by atoms with E-state index in [1.165, 1.54) is 24.8 Å². The van der Waals surface area contributed by atoms with Crippen LogP contribution < -0.4 is 15.4 Å². The molecule has 0 bridgehead atoms. The number of hydrogen-bond acceptors (Lipinski definition) is 7. The standard InChI is InChI=1S/C21H27N5O3/c1-22-20-16(14-4-3-5-14)11-23-21(25-20)24-17-7-6-15(10-18(17)28-2)19-12-26(13-27)8-9-29-19/h6-7,10-11,13-14,19H,3-5,8-9,12H2,1-2H3,(H2,22,23,24,25). The fourth-order valence-electron chi connectivity index (χ4n) is 3.77. The smallest absolute Gasteiger partial charge is 0.229 e. The van der Waals surface area contributed by atoms with Gasteiger partial charge in [-0.1, -0.05) is 12.5 Å². The fourth-order valence-corrected chi connectivity index (χ4v) is 3.77. The van der Waals surface area contributed by atoms with Crippen LogP contribution >= 0.6 is 0 Å². The first-order chi connectivity index (χ1) is 14.2. The van der Waals surface area contributed by atoms with E-state index in [2.05, 4.69) is 20.6 Å². The van der Waals surface area contributed by atoms with E-state index in [4.69, 9.17) is 9.47 Å². The molecular formula is C21H27N5O3. The van der Waals surface area contributed by atoms with Crippen molar-refractivity contribution >= 4 is 23.9 Å². The van der Waals surface area contributed by atoms with Crippen molar-refractivity contribution in [1.82, 2.24) is 14.9 Å². The van der Waals surface area contributed by atoms with Crippen LogP contribution in [-0.2, 0) is 9.53 Å². The number of ether oxygens (including phenoxy) is 2. The molecule has 2 fully saturated rings. The molecule has 1 unspecified atom stereocenters. The predicted molar refractivity (Wildman–Crippen MR) is 111 cm³/mol. The van der Waals surface area contributed by atoms with Crippen LogP contribution in [0.15, 0.2) is 24.4 Å². The van der Waals surface area contributed by atoms with Gasteiger partial charge in [0.25, 0.3) is 0 Å². The second-order valence-electron chi connectivity index (χ2n) is 7.42. The highest BCUT2D eigenvalue weighted by atomic mass is 16.5. The lowest BCUT2D eigenvalue weighted by Gasteiger charge is -2.30. The van der Waals surface area contributed by atoms with Crippen molar-refractivity contribution in [2.75, 3.05) is 44.5 Å². The number of rotatable bonds is 7. The van der Waals surface area contributed by atoms with Crippen molar-refractivity contribution in [2.24, 2.45) is 0 Å². The molecule has 0 radical (unpaired) electrons. The summed E-state index contributed by atoms with van der Waals surface area (Å²) in [4.78, 5) is 21.9. The van der Waals surface area contributed by atoms with Crippen molar-refractivity contribution < 1.29 is 14.3 Å². The zero-order valence-corrected chi connectivity index (χ0v) is 16.9. The largest absolute Gasteiger partial charge is 0.495 e. The molecule has 2 aromatic rings. The number of benzene rings is 1. The third-order valence-electron chi connectivity index (χ3n) is 5.69. The molecule has 8 nitrogen and oxygen atoms in total. The molecule has 1 amide bonds. The van der Waals surface area contributed by atoms with Gasteiger partial charge in [0.15, 0.2) is 0 Å². The normalized spacial score (nSPS) is 19.4. The van der Waals surface area contributed by atoms with E-state index in [9.17, 15) is 4.79 Å². The van der Waals surface area contributed by atoms with Gasteiger partial charge in [-0.3, -0.25) is 4.79 Å². The molecule has 154 valence electrons. The number of amides is 1. The lowest BCUT2D eigenvalue weighted by molar-refractivity contribution is -0.125. The molecule has 1 saturated heterocycles. The van der Waals surface area contributed by atoms with Crippen LogP contribution in [0.25, 0.3) is 0 Å². The minimum absolute atomic E-state index is 0.161. The number of morpholine rings is 1. The highest BCUT2D eigenvalue weighted by Gasteiger charge is 2.24. The number of carbonyl (C=O) groups is 1. The first kappa shape index (κ1) is 19.4. The first-order valence-corrected chi connectivity index (χ1v) is 10.0. The Morgan fingerprint density at radius 3 is 2.90 bits per heavy atom. The third-order valence-corrected chi connectivity index (χ3v) is 5.69. The van der Waals surface area contributed by atoms with Gasteiger partial charge in [0.1, 0.15) is 17.7 Å². The number of hydrogen-bond donors (Lipinski definition) is 2. The van der Waals surface area contributed by atoms with Crippen LogP contribution in [0.3, 0.4) is 0 Å². The Hall–Kier alpha value is -2.87. The van der Waals surface area contributed by atoms with Crippen LogP contribution in [0.2, 0.25) is 0 Å². The van der Waals surface area contributed by atoms with Crippen LogP contribution in [-0.4, -0.2) is 55.1 Å². The van der Waals surface area contributed by atoms with Crippen molar-refractivity contribution in [3.8, 4) is 5.75 Å². The van der Waals surface area contributed by atoms with Crippen molar-refractivity contribution in [1.29, 1.82) is 0 Å². The van der Waals surface area contributed by atoms with Gasteiger partial charge < -0.3 is 25.0 Å². The van der Waals surface area contributed by atoms with Crippen LogP contribution in [0.1, 0.15) is 42.4 Å². The Kier molecular flexibility index (Phi) is 5.80. The average Bonchev–Trinajstić information content (AvgIpc) is 2.73. The van der Waals surface area contributed by atoms with Gasteiger partial charge in [0.05, 0.1) is 25.9 Å². The van der Waals surface area contributed by atoms with Crippen LogP contribution in [0.4, 0.5) is 17.5 Å². The Morgan fingerprint density at radius 1 is 1.34 bits per heavy atom. The van der Waals surface area contributed by atoms with E-state index in [1.807, 2.05) is 31.4 Å². The zero-order valence-electron chi connectivity index (χ0n) is 16.9. The summed E-state index contributed by atoms with van der Waals surface area (Å²) in [6.07, 6.45) is 6.29. The van der Waals surface area contributed by atoms with Crippen molar-refractivity contribution in [3.05, 3.63) is 35.5 Å².